The molecule has 0 N–H and O–H groups in total. The van der Waals surface area contributed by atoms with E-state index in [-0.39, 0.29) is 0 Å². The first-order valence-electron chi connectivity index (χ1n) is 8.87. The Balaban J connectivity index is 1.45. The number of para-hydroxylation sites is 1. The second-order valence-corrected chi connectivity index (χ2v) is 6.84. The normalized spacial score (nSPS) is 26.2. The third-order valence-electron chi connectivity index (χ3n) is 5.55. The molecule has 3 rings (SSSR count). The van der Waals surface area contributed by atoms with Crippen molar-refractivity contribution in [3.05, 3.63) is 30.3 Å². The Morgan fingerprint density at radius 2 is 1.82 bits per heavy atom. The third kappa shape index (κ3) is 3.64. The molecule has 2 aliphatic rings. The van der Waals surface area contributed by atoms with Crippen LogP contribution in [0.4, 0.5) is 5.69 Å². The Labute approximate surface area is 135 Å². The molecule has 22 heavy (non-hydrogen) atoms. The fourth-order valence-corrected chi connectivity index (χ4v) is 3.91. The number of hydrogen-bond donors (Lipinski definition) is 0. The number of ether oxygens (including phenoxy) is 1. The molecule has 122 valence electrons. The molecule has 3 heteroatoms. The Kier molecular flexibility index (Phi) is 5.37. The molecule has 2 fully saturated rings. The molecule has 1 saturated carbocycles. The second-order valence-electron chi connectivity index (χ2n) is 6.84. The average Bonchev–Trinajstić information content (AvgIpc) is 2.54. The van der Waals surface area contributed by atoms with Crippen molar-refractivity contribution in [3.63, 3.8) is 0 Å². The van der Waals surface area contributed by atoms with Crippen molar-refractivity contribution in [1.82, 2.24) is 4.90 Å². The summed E-state index contributed by atoms with van der Waals surface area (Å²) in [5.74, 6) is 0.863. The number of anilines is 1. The summed E-state index contributed by atoms with van der Waals surface area (Å²) in [7, 11) is 1.84. The zero-order valence-electron chi connectivity index (χ0n) is 14.1. The lowest BCUT2D eigenvalue weighted by molar-refractivity contribution is -0.0306. The minimum atomic E-state index is 0.513. The molecule has 0 atom stereocenters. The second kappa shape index (κ2) is 7.47. The van der Waals surface area contributed by atoms with Crippen molar-refractivity contribution in [2.75, 3.05) is 38.2 Å². The van der Waals surface area contributed by atoms with Gasteiger partial charge >= 0.3 is 0 Å². The first-order valence-corrected chi connectivity index (χ1v) is 8.87. The molecular formula is C19H30N2O. The van der Waals surface area contributed by atoms with Crippen LogP contribution >= 0.6 is 0 Å². The van der Waals surface area contributed by atoms with E-state index in [1.807, 2.05) is 7.11 Å². The zero-order chi connectivity index (χ0) is 15.4. The van der Waals surface area contributed by atoms with Gasteiger partial charge in [-0.2, -0.15) is 0 Å². The molecule has 0 bridgehead atoms. The Morgan fingerprint density at radius 3 is 2.41 bits per heavy atom. The molecule has 0 amide bonds. The van der Waals surface area contributed by atoms with Gasteiger partial charge in [-0.25, -0.2) is 0 Å². The fraction of sp³-hybridized carbons (Fsp3) is 0.684. The van der Waals surface area contributed by atoms with Crippen molar-refractivity contribution in [2.45, 2.75) is 44.8 Å². The molecule has 0 aromatic heterocycles. The average molecular weight is 302 g/mol. The highest BCUT2D eigenvalue weighted by molar-refractivity contribution is 5.46. The van der Waals surface area contributed by atoms with E-state index >= 15 is 0 Å². The standard InChI is InChI=1S/C19H30N2O/c1-3-20(18-13-19(14-18)22-2)15-16-9-11-21(12-10-16)17-7-5-4-6-8-17/h4-8,16,18-19H,3,9-15H2,1-2H3. The summed E-state index contributed by atoms with van der Waals surface area (Å²) in [6, 6.07) is 11.6. The first-order chi connectivity index (χ1) is 10.8. The summed E-state index contributed by atoms with van der Waals surface area (Å²) < 4.78 is 5.43. The van der Waals surface area contributed by atoms with Crippen LogP contribution in [0.2, 0.25) is 0 Å². The predicted molar refractivity (Wildman–Crippen MR) is 92.4 cm³/mol. The molecule has 3 nitrogen and oxygen atoms in total. The van der Waals surface area contributed by atoms with E-state index in [0.29, 0.717) is 6.10 Å². The molecular weight excluding hydrogens is 272 g/mol. The summed E-state index contributed by atoms with van der Waals surface area (Å²) in [5, 5.41) is 0. The minimum Gasteiger partial charge on any atom is -0.381 e. The highest BCUT2D eigenvalue weighted by Crippen LogP contribution is 2.30. The van der Waals surface area contributed by atoms with Gasteiger partial charge in [-0.1, -0.05) is 25.1 Å². The Hall–Kier alpha value is -1.06. The monoisotopic (exact) mass is 302 g/mol. The lowest BCUT2D eigenvalue weighted by Crippen LogP contribution is -2.50. The zero-order valence-corrected chi connectivity index (χ0v) is 14.1. The van der Waals surface area contributed by atoms with Gasteiger partial charge in [-0.3, -0.25) is 0 Å². The number of hydrogen-bond acceptors (Lipinski definition) is 3. The van der Waals surface area contributed by atoms with Crippen molar-refractivity contribution in [1.29, 1.82) is 0 Å². The summed E-state index contributed by atoms with van der Waals surface area (Å²) in [6.45, 7) is 7.18. The number of methoxy groups -OCH3 is 1. The predicted octanol–water partition coefficient (Wildman–Crippen LogP) is 3.40. The molecule has 1 aliphatic carbocycles. The molecule has 0 spiro atoms. The van der Waals surface area contributed by atoms with Gasteiger partial charge in [0.1, 0.15) is 0 Å². The summed E-state index contributed by atoms with van der Waals surface area (Å²) in [5.41, 5.74) is 1.38. The van der Waals surface area contributed by atoms with Gasteiger partial charge < -0.3 is 14.5 Å². The lowest BCUT2D eigenvalue weighted by Gasteiger charge is -2.44. The molecule has 0 radical (unpaired) electrons. The van der Waals surface area contributed by atoms with E-state index in [1.165, 1.54) is 57.5 Å². The summed E-state index contributed by atoms with van der Waals surface area (Å²) >= 11 is 0. The van der Waals surface area contributed by atoms with Crippen LogP contribution in [0.15, 0.2) is 30.3 Å². The van der Waals surface area contributed by atoms with Crippen molar-refractivity contribution < 1.29 is 4.74 Å². The first kappa shape index (κ1) is 15.8. The van der Waals surface area contributed by atoms with Gasteiger partial charge in [0.05, 0.1) is 6.10 Å². The number of piperidine rings is 1. The van der Waals surface area contributed by atoms with Crippen molar-refractivity contribution >= 4 is 5.69 Å². The largest absolute Gasteiger partial charge is 0.381 e. The SMILES string of the molecule is CCN(CC1CCN(c2ccccc2)CC1)C1CC(OC)C1. The van der Waals surface area contributed by atoms with E-state index in [9.17, 15) is 0 Å². The van der Waals surface area contributed by atoms with E-state index in [4.69, 9.17) is 4.74 Å². The van der Waals surface area contributed by atoms with Crippen molar-refractivity contribution in [3.8, 4) is 0 Å². The van der Waals surface area contributed by atoms with Crippen LogP contribution in [-0.4, -0.2) is 50.3 Å². The minimum absolute atomic E-state index is 0.513. The van der Waals surface area contributed by atoms with Crippen LogP contribution < -0.4 is 4.90 Å². The van der Waals surface area contributed by atoms with Crippen LogP contribution in [-0.2, 0) is 4.74 Å². The van der Waals surface area contributed by atoms with Gasteiger partial charge in [-0.05, 0) is 50.3 Å². The van der Waals surface area contributed by atoms with Crippen molar-refractivity contribution in [2.24, 2.45) is 5.92 Å². The summed E-state index contributed by atoms with van der Waals surface area (Å²) in [4.78, 5) is 5.23. The van der Waals surface area contributed by atoms with Gasteiger partial charge in [0.25, 0.3) is 0 Å². The topological polar surface area (TPSA) is 15.7 Å². The molecule has 1 aromatic rings. The van der Waals surface area contributed by atoms with E-state index in [0.717, 1.165) is 12.0 Å². The Bertz CT molecular complexity index is 436. The smallest absolute Gasteiger partial charge is 0.0601 e. The van der Waals surface area contributed by atoms with E-state index in [2.05, 4.69) is 47.1 Å². The van der Waals surface area contributed by atoms with Crippen LogP contribution in [0.25, 0.3) is 0 Å². The molecule has 1 saturated heterocycles. The van der Waals surface area contributed by atoms with Crippen LogP contribution in [0.1, 0.15) is 32.6 Å². The molecule has 1 aromatic carbocycles. The number of nitrogens with zero attached hydrogens (tertiary/aromatic N) is 2. The molecule has 1 aliphatic heterocycles. The van der Waals surface area contributed by atoms with Crippen LogP contribution in [0.3, 0.4) is 0 Å². The van der Waals surface area contributed by atoms with E-state index < -0.39 is 0 Å². The fourth-order valence-electron chi connectivity index (χ4n) is 3.91. The van der Waals surface area contributed by atoms with E-state index in [1.54, 1.807) is 0 Å². The Morgan fingerprint density at radius 1 is 1.14 bits per heavy atom. The molecule has 1 heterocycles. The van der Waals surface area contributed by atoms with Crippen LogP contribution in [0, 0.1) is 5.92 Å². The highest BCUT2D eigenvalue weighted by Gasteiger charge is 2.34. The maximum atomic E-state index is 5.43. The summed E-state index contributed by atoms with van der Waals surface area (Å²) in [6.07, 6.45) is 5.62. The lowest BCUT2D eigenvalue weighted by atomic mass is 9.86. The maximum absolute atomic E-state index is 5.43. The number of rotatable bonds is 6. The quantitative estimate of drug-likeness (QED) is 0.801. The number of benzene rings is 1. The van der Waals surface area contributed by atoms with Gasteiger partial charge in [0.15, 0.2) is 0 Å². The van der Waals surface area contributed by atoms with Gasteiger partial charge in [0.2, 0.25) is 0 Å². The molecule has 0 unspecified atom stereocenters. The maximum Gasteiger partial charge on any atom is 0.0601 e. The van der Waals surface area contributed by atoms with Gasteiger partial charge in [0, 0.05) is 38.5 Å². The third-order valence-corrected chi connectivity index (χ3v) is 5.55. The highest BCUT2D eigenvalue weighted by atomic mass is 16.5. The van der Waals surface area contributed by atoms with Gasteiger partial charge in [-0.15, -0.1) is 0 Å². The van der Waals surface area contributed by atoms with Crippen LogP contribution in [0.5, 0.6) is 0 Å².